The SMILES string of the molecule is CO/N=C(\C(=O)N[C@@H]1C(=O)N2C=C(OC(N)=O)C(C)(C(=O)O)S[C@H]12)c1ccco1. The molecule has 3 rings (SSSR count). The number of carbonyl (C=O) groups is 4. The predicted octanol–water partition coefficient (Wildman–Crippen LogP) is -0.190. The second-order valence-electron chi connectivity index (χ2n) is 6.06. The number of β-lactam (4-membered cyclic amide) rings is 1. The van der Waals surface area contributed by atoms with Crippen LogP contribution in [0.25, 0.3) is 0 Å². The minimum absolute atomic E-state index is 0.122. The number of rotatable bonds is 6. The lowest BCUT2D eigenvalue weighted by atomic mass is 10.0. The zero-order valence-corrected chi connectivity index (χ0v) is 16.0. The van der Waals surface area contributed by atoms with E-state index in [9.17, 15) is 24.3 Å². The number of amides is 3. The minimum Gasteiger partial charge on any atom is -0.480 e. The number of primary amides is 1. The molecule has 0 spiro atoms. The summed E-state index contributed by atoms with van der Waals surface area (Å²) in [6.07, 6.45) is 1.23. The zero-order chi connectivity index (χ0) is 21.3. The Balaban J connectivity index is 1.83. The Morgan fingerprint density at radius 1 is 1.45 bits per heavy atom. The third-order valence-electron chi connectivity index (χ3n) is 4.22. The first-order valence-corrected chi connectivity index (χ1v) is 8.96. The van der Waals surface area contributed by atoms with Gasteiger partial charge in [0.15, 0.2) is 16.3 Å². The van der Waals surface area contributed by atoms with Gasteiger partial charge >= 0.3 is 12.1 Å². The van der Waals surface area contributed by atoms with Crippen molar-refractivity contribution in [2.24, 2.45) is 10.9 Å². The number of aliphatic carboxylic acids is 1. The van der Waals surface area contributed by atoms with Crippen molar-refractivity contribution in [3.05, 3.63) is 36.1 Å². The van der Waals surface area contributed by atoms with Crippen LogP contribution in [0, 0.1) is 0 Å². The highest BCUT2D eigenvalue weighted by Gasteiger charge is 2.58. The molecule has 0 bridgehead atoms. The van der Waals surface area contributed by atoms with Crippen molar-refractivity contribution >= 4 is 41.4 Å². The van der Waals surface area contributed by atoms with Gasteiger partial charge in [-0.3, -0.25) is 19.3 Å². The number of carbonyl (C=O) groups excluding carboxylic acids is 3. The molecule has 3 heterocycles. The van der Waals surface area contributed by atoms with E-state index in [0.29, 0.717) is 0 Å². The summed E-state index contributed by atoms with van der Waals surface area (Å²) in [6, 6.07) is 1.98. The minimum atomic E-state index is -1.70. The summed E-state index contributed by atoms with van der Waals surface area (Å²) >= 11 is 0.813. The fourth-order valence-corrected chi connectivity index (χ4v) is 4.12. The Hall–Kier alpha value is -3.48. The number of nitrogens with zero attached hydrogens (tertiary/aromatic N) is 2. The molecule has 1 aromatic rings. The maximum atomic E-state index is 12.6. The third kappa shape index (κ3) is 3.51. The van der Waals surface area contributed by atoms with E-state index in [0.717, 1.165) is 22.9 Å². The Kier molecular flexibility index (Phi) is 5.24. The number of carboxylic acids is 1. The van der Waals surface area contributed by atoms with E-state index < -0.39 is 40.0 Å². The van der Waals surface area contributed by atoms with Crippen molar-refractivity contribution in [1.29, 1.82) is 0 Å². The number of ether oxygens (including phenoxy) is 1. The van der Waals surface area contributed by atoms with E-state index in [1.54, 1.807) is 6.07 Å². The van der Waals surface area contributed by atoms with Crippen LogP contribution >= 0.6 is 11.8 Å². The molecular formula is C16H16N4O8S. The van der Waals surface area contributed by atoms with Gasteiger partial charge in [-0.15, -0.1) is 11.8 Å². The van der Waals surface area contributed by atoms with Crippen molar-refractivity contribution in [2.45, 2.75) is 23.1 Å². The summed E-state index contributed by atoms with van der Waals surface area (Å²) in [6.45, 7) is 1.30. The summed E-state index contributed by atoms with van der Waals surface area (Å²) in [7, 11) is 1.24. The van der Waals surface area contributed by atoms with Crippen LogP contribution in [0.5, 0.6) is 0 Å². The number of fused-ring (bicyclic) bond motifs is 1. The second-order valence-corrected chi connectivity index (χ2v) is 7.59. The molecule has 12 nitrogen and oxygen atoms in total. The Bertz CT molecular complexity index is 927. The summed E-state index contributed by atoms with van der Waals surface area (Å²) in [5, 5.41) is 14.9. The lowest BCUT2D eigenvalue weighted by Crippen LogP contribution is -2.70. The van der Waals surface area contributed by atoms with E-state index in [-0.39, 0.29) is 17.2 Å². The molecule has 0 saturated carbocycles. The van der Waals surface area contributed by atoms with Crippen molar-refractivity contribution in [1.82, 2.24) is 10.2 Å². The summed E-state index contributed by atoms with van der Waals surface area (Å²) in [5.41, 5.74) is 4.78. The van der Waals surface area contributed by atoms with E-state index in [4.69, 9.17) is 14.9 Å². The fraction of sp³-hybridized carbons (Fsp3) is 0.312. The zero-order valence-electron chi connectivity index (χ0n) is 15.1. The smallest absolute Gasteiger partial charge is 0.409 e. The highest BCUT2D eigenvalue weighted by Crippen LogP contribution is 2.47. The van der Waals surface area contributed by atoms with Crippen LogP contribution in [0.15, 0.2) is 39.9 Å². The standard InChI is InChI=1S/C16H16N4O8S/c1-16(14(23)24)8(28-15(17)25)6-20-12(22)10(13(20)29-16)18-11(21)9(19-26-2)7-4-3-5-27-7/h3-6,10,13H,1-2H3,(H2,17,25)(H,18,21)(H,23,24)/b19-9-/t10-,13-,16?/m1/s1. The average molecular weight is 424 g/mol. The Morgan fingerprint density at radius 3 is 2.72 bits per heavy atom. The third-order valence-corrected chi connectivity index (χ3v) is 5.81. The van der Waals surface area contributed by atoms with E-state index in [2.05, 4.69) is 15.3 Å². The first-order valence-electron chi connectivity index (χ1n) is 8.08. The predicted molar refractivity (Wildman–Crippen MR) is 97.2 cm³/mol. The van der Waals surface area contributed by atoms with Gasteiger partial charge in [0.1, 0.15) is 18.5 Å². The van der Waals surface area contributed by atoms with Gasteiger partial charge in [-0.05, 0) is 19.1 Å². The quantitative estimate of drug-likeness (QED) is 0.318. The molecule has 29 heavy (non-hydrogen) atoms. The number of hydrogen-bond acceptors (Lipinski definition) is 9. The maximum Gasteiger partial charge on any atom is 0.409 e. The molecule has 0 aromatic carbocycles. The summed E-state index contributed by atoms with van der Waals surface area (Å²) < 4.78 is 8.20. The van der Waals surface area contributed by atoms with Crippen LogP contribution in [0.1, 0.15) is 12.7 Å². The van der Waals surface area contributed by atoms with Crippen molar-refractivity contribution in [3.8, 4) is 0 Å². The van der Waals surface area contributed by atoms with E-state index in [1.807, 2.05) is 0 Å². The first-order chi connectivity index (χ1) is 13.7. The lowest BCUT2D eigenvalue weighted by Gasteiger charge is -2.50. The molecule has 13 heteroatoms. The molecule has 2 aliphatic heterocycles. The molecule has 1 unspecified atom stereocenters. The Labute approximate surface area is 167 Å². The monoisotopic (exact) mass is 424 g/mol. The number of furan rings is 1. The maximum absolute atomic E-state index is 12.6. The lowest BCUT2D eigenvalue weighted by molar-refractivity contribution is -0.145. The summed E-state index contributed by atoms with van der Waals surface area (Å²) in [5.74, 6) is -2.77. The summed E-state index contributed by atoms with van der Waals surface area (Å²) in [4.78, 5) is 53.7. The van der Waals surface area contributed by atoms with E-state index >= 15 is 0 Å². The molecule has 0 radical (unpaired) electrons. The number of nitrogens with two attached hydrogens (primary N) is 1. The number of nitrogens with one attached hydrogen (secondary N) is 1. The van der Waals surface area contributed by atoms with Crippen LogP contribution in [0.2, 0.25) is 0 Å². The molecule has 3 amide bonds. The average Bonchev–Trinajstić information content (AvgIpc) is 3.19. The highest BCUT2D eigenvalue weighted by atomic mass is 32.2. The first kappa shape index (κ1) is 20.3. The van der Waals surface area contributed by atoms with Gasteiger partial charge in [0.2, 0.25) is 5.71 Å². The van der Waals surface area contributed by atoms with Gasteiger partial charge in [0.05, 0.1) is 6.26 Å². The fourth-order valence-electron chi connectivity index (χ4n) is 2.73. The molecule has 1 saturated heterocycles. The molecule has 1 fully saturated rings. The Morgan fingerprint density at radius 2 is 2.17 bits per heavy atom. The molecule has 1 aromatic heterocycles. The van der Waals surface area contributed by atoms with Crippen LogP contribution < -0.4 is 11.1 Å². The van der Waals surface area contributed by atoms with Gasteiger partial charge in [0.25, 0.3) is 11.8 Å². The van der Waals surface area contributed by atoms with Gasteiger partial charge in [-0.1, -0.05) is 5.16 Å². The molecule has 0 aliphatic carbocycles. The molecular weight excluding hydrogens is 408 g/mol. The van der Waals surface area contributed by atoms with Crippen LogP contribution in [-0.4, -0.2) is 62.9 Å². The molecule has 4 N–H and O–H groups in total. The molecule has 2 aliphatic rings. The van der Waals surface area contributed by atoms with Crippen LogP contribution in [0.4, 0.5) is 4.79 Å². The van der Waals surface area contributed by atoms with Crippen LogP contribution in [0.3, 0.4) is 0 Å². The van der Waals surface area contributed by atoms with Gasteiger partial charge in [-0.25, -0.2) is 4.79 Å². The van der Waals surface area contributed by atoms with Gasteiger partial charge in [-0.2, -0.15) is 0 Å². The topological polar surface area (TPSA) is 174 Å². The van der Waals surface area contributed by atoms with Gasteiger partial charge < -0.3 is 30.1 Å². The van der Waals surface area contributed by atoms with Crippen LogP contribution in [-0.2, 0) is 24.0 Å². The second kappa shape index (κ2) is 7.50. The number of thioether (sulfide) groups is 1. The molecule has 154 valence electrons. The van der Waals surface area contributed by atoms with Crippen molar-refractivity contribution in [2.75, 3.05) is 7.11 Å². The van der Waals surface area contributed by atoms with Crippen molar-refractivity contribution in [3.63, 3.8) is 0 Å². The largest absolute Gasteiger partial charge is 0.480 e. The van der Waals surface area contributed by atoms with E-state index in [1.165, 1.54) is 26.4 Å². The number of carboxylic acid groups (broad SMARTS) is 1. The number of hydrogen-bond donors (Lipinski definition) is 3. The van der Waals surface area contributed by atoms with Crippen molar-refractivity contribution < 1.29 is 38.3 Å². The molecule has 3 atom stereocenters. The normalized spacial score (nSPS) is 26.0. The van der Waals surface area contributed by atoms with Gasteiger partial charge in [0, 0.05) is 6.20 Å². The highest BCUT2D eigenvalue weighted by molar-refractivity contribution is 8.02. The number of oxime groups is 1.